The van der Waals surface area contributed by atoms with Gasteiger partial charge in [-0.2, -0.15) is 0 Å². The van der Waals surface area contributed by atoms with Gasteiger partial charge < -0.3 is 25.2 Å². The number of hydrogen-bond donors (Lipinski definition) is 2. The van der Waals surface area contributed by atoms with Crippen LogP contribution in [0.4, 0.5) is 0 Å². The van der Waals surface area contributed by atoms with E-state index in [2.05, 4.69) is 4.84 Å². The van der Waals surface area contributed by atoms with Gasteiger partial charge in [-0.1, -0.05) is 0 Å². The highest BCUT2D eigenvalue weighted by Crippen LogP contribution is 1.97. The number of aliphatic carboxylic acids is 1. The Balaban J connectivity index is 3.47. The lowest BCUT2D eigenvalue weighted by Gasteiger charge is -2.10. The molecule has 10 nitrogen and oxygen atoms in total. The number of rotatable bonds is 11. The average Bonchev–Trinajstić information content (AvgIpc) is 2.33. The van der Waals surface area contributed by atoms with Gasteiger partial charge in [-0.05, 0) is 6.42 Å². The molecule has 0 fully saturated rings. The maximum atomic E-state index is 11.2. The minimum absolute atomic E-state index is 0.00824. The predicted molar refractivity (Wildman–Crippen MR) is 59.6 cm³/mol. The molecule has 0 radical (unpaired) electrons. The monoisotopic (exact) mass is 280 g/mol. The summed E-state index contributed by atoms with van der Waals surface area (Å²) in [6, 6.07) is -0.992. The first-order valence-corrected chi connectivity index (χ1v) is 5.42. The molecule has 0 aliphatic carbocycles. The topological polar surface area (TPSA) is 151 Å². The van der Waals surface area contributed by atoms with Crippen molar-refractivity contribution in [3.05, 3.63) is 10.1 Å². The van der Waals surface area contributed by atoms with E-state index in [-0.39, 0.29) is 39.3 Å². The number of ether oxygens (including phenoxy) is 2. The molecule has 0 heterocycles. The highest BCUT2D eigenvalue weighted by atomic mass is 17.0. The molecule has 19 heavy (non-hydrogen) atoms. The van der Waals surface area contributed by atoms with Crippen LogP contribution in [0.1, 0.15) is 12.8 Å². The van der Waals surface area contributed by atoms with E-state index in [1.165, 1.54) is 0 Å². The van der Waals surface area contributed by atoms with Crippen LogP contribution in [0.3, 0.4) is 0 Å². The van der Waals surface area contributed by atoms with Gasteiger partial charge in [-0.25, -0.2) is 0 Å². The molecule has 0 saturated carbocycles. The summed E-state index contributed by atoms with van der Waals surface area (Å²) < 4.78 is 9.58. The highest BCUT2D eigenvalue weighted by molar-refractivity contribution is 5.76. The van der Waals surface area contributed by atoms with Gasteiger partial charge in [0.2, 0.25) is 0 Å². The van der Waals surface area contributed by atoms with Crippen LogP contribution in [-0.2, 0) is 23.9 Å². The molecule has 0 aromatic heterocycles. The molecule has 10 heteroatoms. The zero-order chi connectivity index (χ0) is 14.7. The number of carboxylic acid groups (broad SMARTS) is 1. The van der Waals surface area contributed by atoms with E-state index in [1.54, 1.807) is 0 Å². The fourth-order valence-electron chi connectivity index (χ4n) is 0.978. The fraction of sp³-hybridized carbons (Fsp3) is 0.778. The zero-order valence-corrected chi connectivity index (χ0v) is 10.1. The molecule has 0 bridgehead atoms. The van der Waals surface area contributed by atoms with Crippen molar-refractivity contribution < 1.29 is 34.1 Å². The lowest BCUT2D eigenvalue weighted by atomic mass is 10.2. The summed E-state index contributed by atoms with van der Waals surface area (Å²) >= 11 is 0. The second-order valence-electron chi connectivity index (χ2n) is 3.38. The Hall–Kier alpha value is -1.94. The van der Waals surface area contributed by atoms with Crippen molar-refractivity contribution in [1.82, 2.24) is 0 Å². The molecule has 1 atom stereocenters. The Bertz CT molecular complexity index is 309. The highest BCUT2D eigenvalue weighted by Gasteiger charge is 2.15. The number of carbonyl (C=O) groups excluding carboxylic acids is 1. The molecule has 0 rings (SSSR count). The van der Waals surface area contributed by atoms with Gasteiger partial charge in [0, 0.05) is 6.42 Å². The predicted octanol–water partition coefficient (Wildman–Crippen LogP) is -1.05. The third-order valence-corrected chi connectivity index (χ3v) is 1.87. The normalized spacial score (nSPS) is 11.6. The van der Waals surface area contributed by atoms with Crippen LogP contribution < -0.4 is 5.73 Å². The van der Waals surface area contributed by atoms with Crippen molar-refractivity contribution in [1.29, 1.82) is 0 Å². The maximum Gasteiger partial charge on any atom is 0.323 e. The maximum absolute atomic E-state index is 11.2. The Morgan fingerprint density at radius 1 is 1.26 bits per heavy atom. The second kappa shape index (κ2) is 10.0. The molecule has 0 aromatic carbocycles. The smallest absolute Gasteiger partial charge is 0.323 e. The number of hydrogen-bond acceptors (Lipinski definition) is 8. The summed E-state index contributed by atoms with van der Waals surface area (Å²) in [6.45, 7) is -0.251. The Kier molecular flexibility index (Phi) is 9.00. The number of carboxylic acids is 1. The Morgan fingerprint density at radius 3 is 2.47 bits per heavy atom. The van der Waals surface area contributed by atoms with Crippen molar-refractivity contribution in [3.63, 3.8) is 0 Å². The largest absolute Gasteiger partial charge is 0.481 e. The van der Waals surface area contributed by atoms with E-state index in [4.69, 9.17) is 20.3 Å². The van der Waals surface area contributed by atoms with Gasteiger partial charge in [0.05, 0.1) is 13.2 Å². The number of carbonyl (C=O) groups is 2. The molecule has 0 aromatic rings. The van der Waals surface area contributed by atoms with Crippen molar-refractivity contribution >= 4 is 11.9 Å². The van der Waals surface area contributed by atoms with Crippen LogP contribution in [-0.4, -0.2) is 54.6 Å². The summed E-state index contributed by atoms with van der Waals surface area (Å²) in [5.41, 5.74) is 5.39. The lowest BCUT2D eigenvalue weighted by Crippen LogP contribution is -2.33. The molecule has 0 saturated heterocycles. The van der Waals surface area contributed by atoms with Crippen molar-refractivity contribution in [3.8, 4) is 0 Å². The van der Waals surface area contributed by atoms with Crippen LogP contribution >= 0.6 is 0 Å². The molecule has 0 aliphatic heterocycles. The molecule has 0 aliphatic rings. The Morgan fingerprint density at radius 2 is 1.89 bits per heavy atom. The molecule has 110 valence electrons. The molecular formula is C9H16N2O8. The van der Waals surface area contributed by atoms with Crippen LogP contribution in [0.2, 0.25) is 0 Å². The van der Waals surface area contributed by atoms with Gasteiger partial charge in [-0.3, -0.25) is 9.59 Å². The number of nitrogens with two attached hydrogens (primary N) is 1. The Labute approximate surface area is 108 Å². The number of esters is 1. The SMILES string of the molecule is NC(CCC(=O)O)C(=O)OCCOCCO[N+](=O)[O-]. The van der Waals surface area contributed by atoms with Crippen LogP contribution in [0.25, 0.3) is 0 Å². The summed E-state index contributed by atoms with van der Waals surface area (Å²) in [4.78, 5) is 35.2. The number of nitrogens with zero attached hydrogens (tertiary/aromatic N) is 1. The fourth-order valence-corrected chi connectivity index (χ4v) is 0.978. The quantitative estimate of drug-likeness (QED) is 0.209. The van der Waals surface area contributed by atoms with E-state index in [0.717, 1.165) is 0 Å². The van der Waals surface area contributed by atoms with Gasteiger partial charge in [0.1, 0.15) is 19.3 Å². The third kappa shape index (κ3) is 10.9. The second-order valence-corrected chi connectivity index (χ2v) is 3.38. The molecule has 0 spiro atoms. The summed E-state index contributed by atoms with van der Waals surface area (Å²) in [6.07, 6.45) is -0.226. The van der Waals surface area contributed by atoms with E-state index in [1.807, 2.05) is 0 Å². The van der Waals surface area contributed by atoms with E-state index < -0.39 is 23.1 Å². The van der Waals surface area contributed by atoms with E-state index in [9.17, 15) is 19.7 Å². The van der Waals surface area contributed by atoms with Gasteiger partial charge in [-0.15, -0.1) is 10.1 Å². The van der Waals surface area contributed by atoms with Crippen LogP contribution in [0.5, 0.6) is 0 Å². The zero-order valence-electron chi connectivity index (χ0n) is 10.1. The molecular weight excluding hydrogens is 264 g/mol. The van der Waals surface area contributed by atoms with Crippen molar-refractivity contribution in [2.45, 2.75) is 18.9 Å². The summed E-state index contributed by atoms with van der Waals surface area (Å²) in [5, 5.41) is 17.2. The van der Waals surface area contributed by atoms with Gasteiger partial charge >= 0.3 is 11.9 Å². The van der Waals surface area contributed by atoms with Crippen LogP contribution in [0, 0.1) is 10.1 Å². The molecule has 3 N–H and O–H groups in total. The van der Waals surface area contributed by atoms with Crippen molar-refractivity contribution in [2.75, 3.05) is 26.4 Å². The lowest BCUT2D eigenvalue weighted by molar-refractivity contribution is -0.758. The standard InChI is InChI=1S/C9H16N2O8/c10-7(1-2-8(12)13)9(14)18-5-3-17-4-6-19-11(15)16/h7H,1-6,10H2,(H,12,13). The van der Waals surface area contributed by atoms with Crippen LogP contribution in [0.15, 0.2) is 0 Å². The first-order chi connectivity index (χ1) is 8.93. The van der Waals surface area contributed by atoms with E-state index in [0.29, 0.717) is 0 Å². The van der Waals surface area contributed by atoms with E-state index >= 15 is 0 Å². The van der Waals surface area contributed by atoms with Crippen molar-refractivity contribution in [2.24, 2.45) is 5.73 Å². The first kappa shape index (κ1) is 17.1. The van der Waals surface area contributed by atoms with Gasteiger partial charge in [0.25, 0.3) is 5.09 Å². The van der Waals surface area contributed by atoms with Gasteiger partial charge in [0.15, 0.2) is 0 Å². The molecule has 1 unspecified atom stereocenters. The summed E-state index contributed by atoms with van der Waals surface area (Å²) in [5.74, 6) is -1.76. The third-order valence-electron chi connectivity index (χ3n) is 1.87. The average molecular weight is 280 g/mol. The molecule has 0 amide bonds. The first-order valence-electron chi connectivity index (χ1n) is 5.42. The minimum atomic E-state index is -1.04. The minimum Gasteiger partial charge on any atom is -0.481 e. The summed E-state index contributed by atoms with van der Waals surface area (Å²) in [7, 11) is 0.